The first-order valence-corrected chi connectivity index (χ1v) is 11.1. The number of carbonyl (C=O) groups excluding carboxylic acids is 1. The summed E-state index contributed by atoms with van der Waals surface area (Å²) in [5.41, 5.74) is 0.342. The Balaban J connectivity index is 1.62. The Morgan fingerprint density at radius 2 is 1.86 bits per heavy atom. The van der Waals surface area contributed by atoms with E-state index in [9.17, 15) is 22.4 Å². The number of hydrogen-bond acceptors (Lipinski definition) is 5. The van der Waals surface area contributed by atoms with Crippen molar-refractivity contribution in [3.63, 3.8) is 0 Å². The summed E-state index contributed by atoms with van der Waals surface area (Å²) in [6, 6.07) is 5.77. The highest BCUT2D eigenvalue weighted by atomic mass is 32.2. The molecule has 158 valence electrons. The van der Waals surface area contributed by atoms with Crippen LogP contribution in [0.5, 0.6) is 0 Å². The Morgan fingerprint density at radius 3 is 2.45 bits per heavy atom. The molecule has 0 unspecified atom stereocenters. The van der Waals surface area contributed by atoms with Crippen molar-refractivity contribution in [2.24, 2.45) is 7.05 Å². The van der Waals surface area contributed by atoms with Gasteiger partial charge in [0, 0.05) is 32.6 Å². The minimum atomic E-state index is -3.23. The second-order valence-corrected chi connectivity index (χ2v) is 9.18. The van der Waals surface area contributed by atoms with E-state index in [2.05, 4.69) is 10.4 Å². The van der Waals surface area contributed by atoms with Gasteiger partial charge in [-0.2, -0.15) is 5.10 Å². The summed E-state index contributed by atoms with van der Waals surface area (Å²) in [5.74, 6) is -0.230. The van der Waals surface area contributed by atoms with Crippen LogP contribution in [0.4, 0.5) is 4.39 Å². The standard InChI is InChI=1S/C18H24FN5O4S/c1-22-17(14-7-9-23(10-8-14)29(2,27)28)21-24(18(22)26)12-16(25)20-11-13-3-5-15(19)6-4-13/h3-6,14H,7-12H2,1-2H3,(H,20,25). The topological polar surface area (TPSA) is 106 Å². The van der Waals surface area contributed by atoms with Crippen molar-refractivity contribution >= 4 is 15.9 Å². The quantitative estimate of drug-likeness (QED) is 0.711. The van der Waals surface area contributed by atoms with E-state index >= 15 is 0 Å². The fourth-order valence-corrected chi connectivity index (χ4v) is 4.28. The van der Waals surface area contributed by atoms with Gasteiger partial charge in [-0.15, -0.1) is 0 Å². The molecule has 1 aromatic heterocycles. The largest absolute Gasteiger partial charge is 0.350 e. The summed E-state index contributed by atoms with van der Waals surface area (Å²) >= 11 is 0. The minimum absolute atomic E-state index is 0.0470. The number of carbonyl (C=O) groups is 1. The number of nitrogens with one attached hydrogen (secondary N) is 1. The predicted molar refractivity (Wildman–Crippen MR) is 104 cm³/mol. The molecule has 1 amide bonds. The van der Waals surface area contributed by atoms with Crippen LogP contribution < -0.4 is 11.0 Å². The Hall–Kier alpha value is -2.53. The maximum atomic E-state index is 12.9. The molecule has 0 radical (unpaired) electrons. The number of amides is 1. The third-order valence-corrected chi connectivity index (χ3v) is 6.36. The zero-order valence-electron chi connectivity index (χ0n) is 16.3. The summed E-state index contributed by atoms with van der Waals surface area (Å²) in [6.45, 7) is 0.749. The molecule has 1 fully saturated rings. The molecule has 0 spiro atoms. The first-order valence-electron chi connectivity index (χ1n) is 9.25. The molecular formula is C18H24FN5O4S. The summed E-state index contributed by atoms with van der Waals surface area (Å²) in [5, 5.41) is 7.00. The molecule has 1 N–H and O–H groups in total. The molecule has 0 aliphatic carbocycles. The van der Waals surface area contributed by atoms with E-state index in [0.29, 0.717) is 31.8 Å². The molecule has 2 aromatic rings. The lowest BCUT2D eigenvalue weighted by Crippen LogP contribution is -2.37. The van der Waals surface area contributed by atoms with E-state index in [0.717, 1.165) is 10.2 Å². The second-order valence-electron chi connectivity index (χ2n) is 7.20. The molecule has 11 heteroatoms. The predicted octanol–water partition coefficient (Wildman–Crippen LogP) is 0.176. The normalized spacial score (nSPS) is 16.1. The van der Waals surface area contributed by atoms with E-state index < -0.39 is 15.7 Å². The average Bonchev–Trinajstić information content (AvgIpc) is 2.95. The van der Waals surface area contributed by atoms with Crippen LogP contribution in [-0.2, 0) is 35.0 Å². The smallest absolute Gasteiger partial charge is 0.346 e. The van der Waals surface area contributed by atoms with E-state index in [-0.39, 0.29) is 30.7 Å². The van der Waals surface area contributed by atoms with Gasteiger partial charge in [-0.3, -0.25) is 9.36 Å². The number of rotatable bonds is 6. The third kappa shape index (κ3) is 5.10. The number of piperidine rings is 1. The first kappa shape index (κ1) is 21.2. The van der Waals surface area contributed by atoms with Gasteiger partial charge in [-0.25, -0.2) is 26.6 Å². The lowest BCUT2D eigenvalue weighted by molar-refractivity contribution is -0.122. The Kier molecular flexibility index (Phi) is 6.18. The van der Waals surface area contributed by atoms with Crippen molar-refractivity contribution in [1.29, 1.82) is 0 Å². The van der Waals surface area contributed by atoms with Gasteiger partial charge in [-0.1, -0.05) is 12.1 Å². The van der Waals surface area contributed by atoms with E-state index in [1.807, 2.05) is 0 Å². The molecule has 29 heavy (non-hydrogen) atoms. The van der Waals surface area contributed by atoms with Crippen LogP contribution >= 0.6 is 0 Å². The molecule has 3 rings (SSSR count). The molecular weight excluding hydrogens is 401 g/mol. The van der Waals surface area contributed by atoms with Gasteiger partial charge < -0.3 is 5.32 Å². The average molecular weight is 425 g/mol. The van der Waals surface area contributed by atoms with Crippen molar-refractivity contribution < 1.29 is 17.6 Å². The van der Waals surface area contributed by atoms with Crippen molar-refractivity contribution in [2.75, 3.05) is 19.3 Å². The van der Waals surface area contributed by atoms with Crippen molar-refractivity contribution in [3.8, 4) is 0 Å². The number of nitrogens with zero attached hydrogens (tertiary/aromatic N) is 4. The molecule has 2 heterocycles. The lowest BCUT2D eigenvalue weighted by Gasteiger charge is -2.29. The summed E-state index contributed by atoms with van der Waals surface area (Å²) in [7, 11) is -1.63. The Bertz CT molecular complexity index is 1040. The molecule has 0 bridgehead atoms. The molecule has 1 aliphatic heterocycles. The number of aromatic nitrogens is 3. The van der Waals surface area contributed by atoms with Gasteiger partial charge in [0.05, 0.1) is 6.26 Å². The molecule has 1 aromatic carbocycles. The van der Waals surface area contributed by atoms with E-state index in [1.54, 1.807) is 19.2 Å². The SMILES string of the molecule is Cn1c(C2CCN(S(C)(=O)=O)CC2)nn(CC(=O)NCc2ccc(F)cc2)c1=O. The Labute approximate surface area is 168 Å². The van der Waals surface area contributed by atoms with Crippen LogP contribution in [-0.4, -0.2) is 52.3 Å². The van der Waals surface area contributed by atoms with Crippen LogP contribution in [0.1, 0.15) is 30.1 Å². The van der Waals surface area contributed by atoms with Crippen LogP contribution in [0.15, 0.2) is 29.1 Å². The highest BCUT2D eigenvalue weighted by molar-refractivity contribution is 7.88. The maximum absolute atomic E-state index is 12.9. The van der Waals surface area contributed by atoms with Crippen molar-refractivity contribution in [3.05, 3.63) is 52.0 Å². The molecule has 9 nitrogen and oxygen atoms in total. The number of halogens is 1. The molecule has 0 atom stereocenters. The molecule has 1 saturated heterocycles. The fraction of sp³-hybridized carbons (Fsp3) is 0.500. The van der Waals surface area contributed by atoms with Gasteiger partial charge in [0.15, 0.2) is 0 Å². The zero-order valence-corrected chi connectivity index (χ0v) is 17.2. The van der Waals surface area contributed by atoms with Crippen molar-refractivity contribution in [2.45, 2.75) is 31.8 Å². The second kappa shape index (κ2) is 8.46. The zero-order chi connectivity index (χ0) is 21.2. The summed E-state index contributed by atoms with van der Waals surface area (Å²) in [4.78, 5) is 24.6. The van der Waals surface area contributed by atoms with Crippen LogP contribution in [0, 0.1) is 5.82 Å². The fourth-order valence-electron chi connectivity index (χ4n) is 3.40. The Morgan fingerprint density at radius 1 is 1.24 bits per heavy atom. The minimum Gasteiger partial charge on any atom is -0.350 e. The van der Waals surface area contributed by atoms with Gasteiger partial charge in [0.25, 0.3) is 0 Å². The van der Waals surface area contributed by atoms with Gasteiger partial charge in [-0.05, 0) is 30.5 Å². The number of sulfonamides is 1. The third-order valence-electron chi connectivity index (χ3n) is 5.06. The number of benzene rings is 1. The molecule has 1 aliphatic rings. The highest BCUT2D eigenvalue weighted by Gasteiger charge is 2.29. The van der Waals surface area contributed by atoms with Crippen LogP contribution in [0.3, 0.4) is 0 Å². The van der Waals surface area contributed by atoms with Crippen LogP contribution in [0.2, 0.25) is 0 Å². The lowest BCUT2D eigenvalue weighted by atomic mass is 9.97. The monoisotopic (exact) mass is 425 g/mol. The van der Waals surface area contributed by atoms with Gasteiger partial charge in [0.2, 0.25) is 15.9 Å². The summed E-state index contributed by atoms with van der Waals surface area (Å²) in [6.07, 6.45) is 2.31. The van der Waals surface area contributed by atoms with Crippen molar-refractivity contribution in [1.82, 2.24) is 24.0 Å². The highest BCUT2D eigenvalue weighted by Crippen LogP contribution is 2.26. The number of hydrogen-bond donors (Lipinski definition) is 1. The van der Waals surface area contributed by atoms with Crippen LogP contribution in [0.25, 0.3) is 0 Å². The summed E-state index contributed by atoms with van der Waals surface area (Å²) < 4.78 is 40.1. The first-order chi connectivity index (χ1) is 13.6. The maximum Gasteiger partial charge on any atom is 0.346 e. The van der Waals surface area contributed by atoms with Gasteiger partial charge >= 0.3 is 5.69 Å². The van der Waals surface area contributed by atoms with Gasteiger partial charge in [0.1, 0.15) is 18.2 Å². The molecule has 0 saturated carbocycles. The van der Waals surface area contributed by atoms with E-state index in [1.165, 1.54) is 27.3 Å². The van der Waals surface area contributed by atoms with E-state index in [4.69, 9.17) is 0 Å².